The number of carbonyl (C=O) groups is 1. The predicted molar refractivity (Wildman–Crippen MR) is 106 cm³/mol. The van der Waals surface area contributed by atoms with Crippen molar-refractivity contribution in [2.45, 2.75) is 38.5 Å². The molecule has 2 aromatic rings. The molecule has 4 nitrogen and oxygen atoms in total. The fourth-order valence-corrected chi connectivity index (χ4v) is 4.79. The van der Waals surface area contributed by atoms with Gasteiger partial charge in [-0.3, -0.25) is 4.98 Å². The van der Waals surface area contributed by atoms with E-state index in [9.17, 15) is 4.79 Å². The molecule has 1 amide bonds. The topological polar surface area (TPSA) is 42.4 Å². The highest BCUT2D eigenvalue weighted by atomic mass is 35.5. The van der Waals surface area contributed by atoms with E-state index >= 15 is 0 Å². The summed E-state index contributed by atoms with van der Waals surface area (Å²) in [5, 5.41) is 0.781. The first-order valence-corrected chi connectivity index (χ1v) is 10.2. The zero-order valence-electron chi connectivity index (χ0n) is 15.7. The van der Waals surface area contributed by atoms with Gasteiger partial charge in [0, 0.05) is 30.2 Å². The van der Waals surface area contributed by atoms with Crippen molar-refractivity contribution < 1.29 is 9.53 Å². The van der Waals surface area contributed by atoms with Crippen LogP contribution >= 0.6 is 11.6 Å². The Morgan fingerprint density at radius 1 is 1.30 bits per heavy atom. The fraction of sp³-hybridized carbons (Fsp3) is 0.455. The van der Waals surface area contributed by atoms with E-state index in [1.807, 2.05) is 30.2 Å². The first kappa shape index (κ1) is 18.3. The number of hydrogen-bond acceptors (Lipinski definition) is 3. The van der Waals surface area contributed by atoms with Crippen molar-refractivity contribution in [3.05, 3.63) is 63.9 Å². The van der Waals surface area contributed by atoms with Crippen LogP contribution in [-0.4, -0.2) is 35.7 Å². The molecule has 0 radical (unpaired) electrons. The highest BCUT2D eigenvalue weighted by molar-refractivity contribution is 6.30. The van der Waals surface area contributed by atoms with E-state index in [2.05, 4.69) is 18.2 Å². The van der Waals surface area contributed by atoms with E-state index in [-0.39, 0.29) is 12.0 Å². The van der Waals surface area contributed by atoms with E-state index in [1.165, 1.54) is 16.7 Å². The number of carbonyl (C=O) groups excluding carboxylic acids is 1. The molecule has 2 atom stereocenters. The largest absolute Gasteiger partial charge is 0.450 e. The third-order valence-corrected chi connectivity index (χ3v) is 6.01. The molecule has 0 bridgehead atoms. The minimum Gasteiger partial charge on any atom is -0.450 e. The van der Waals surface area contributed by atoms with Crippen LogP contribution in [0, 0.1) is 5.92 Å². The lowest BCUT2D eigenvalue weighted by molar-refractivity contribution is 0.0858. The average molecular weight is 385 g/mol. The van der Waals surface area contributed by atoms with Crippen molar-refractivity contribution in [3.63, 3.8) is 0 Å². The van der Waals surface area contributed by atoms with Gasteiger partial charge in [-0.2, -0.15) is 0 Å². The minimum absolute atomic E-state index is 0.188. The van der Waals surface area contributed by atoms with E-state index in [0.29, 0.717) is 19.1 Å². The normalized spacial score (nSPS) is 21.8. The third kappa shape index (κ3) is 3.68. The van der Waals surface area contributed by atoms with Crippen LogP contribution in [0.1, 0.15) is 48.1 Å². The minimum atomic E-state index is -0.201. The molecule has 1 aromatic carbocycles. The van der Waals surface area contributed by atoms with Gasteiger partial charge < -0.3 is 9.64 Å². The monoisotopic (exact) mass is 384 g/mol. The SMILES string of the molecule is CCOC(=O)N1CCCC(C2c3ccc(Cl)cc3CCc3cccnc32)C1. The lowest BCUT2D eigenvalue weighted by Crippen LogP contribution is -2.42. The predicted octanol–water partition coefficient (Wildman–Crippen LogP) is 4.83. The molecule has 1 saturated heterocycles. The quantitative estimate of drug-likeness (QED) is 0.744. The van der Waals surface area contributed by atoms with Crippen LogP contribution < -0.4 is 0 Å². The summed E-state index contributed by atoms with van der Waals surface area (Å²) in [7, 11) is 0. The molecular weight excluding hydrogens is 360 g/mol. The van der Waals surface area contributed by atoms with E-state index in [0.717, 1.165) is 42.9 Å². The molecule has 2 aliphatic rings. The second kappa shape index (κ2) is 7.89. The molecule has 0 saturated carbocycles. The molecule has 142 valence electrons. The fourth-order valence-electron chi connectivity index (χ4n) is 4.59. The van der Waals surface area contributed by atoms with Crippen molar-refractivity contribution in [2.24, 2.45) is 5.92 Å². The van der Waals surface area contributed by atoms with Crippen molar-refractivity contribution in [3.8, 4) is 0 Å². The Morgan fingerprint density at radius 3 is 3.00 bits per heavy atom. The molecule has 2 heterocycles. The molecule has 0 spiro atoms. The Kier molecular flexibility index (Phi) is 5.35. The summed E-state index contributed by atoms with van der Waals surface area (Å²) < 4.78 is 5.25. The first-order valence-electron chi connectivity index (χ1n) is 9.81. The molecule has 4 rings (SSSR count). The van der Waals surface area contributed by atoms with Gasteiger partial charge in [0.2, 0.25) is 0 Å². The van der Waals surface area contributed by atoms with E-state index in [4.69, 9.17) is 21.3 Å². The van der Waals surface area contributed by atoms with Crippen LogP contribution in [0.2, 0.25) is 5.02 Å². The summed E-state index contributed by atoms with van der Waals surface area (Å²) in [4.78, 5) is 19.0. The van der Waals surface area contributed by atoms with Crippen molar-refractivity contribution in [1.82, 2.24) is 9.88 Å². The maximum absolute atomic E-state index is 12.3. The summed E-state index contributed by atoms with van der Waals surface area (Å²) in [5.41, 5.74) is 5.09. The number of aromatic nitrogens is 1. The molecule has 1 aliphatic carbocycles. The first-order chi connectivity index (χ1) is 13.2. The molecule has 5 heteroatoms. The number of amides is 1. The standard InChI is InChI=1S/C22H25ClN2O2/c1-2-27-22(26)25-12-4-6-17(14-25)20-19-10-9-18(23)13-16(19)8-7-15-5-3-11-24-21(15)20/h3,5,9-11,13,17,20H,2,4,6-8,12,14H2,1H3. The van der Waals surface area contributed by atoms with Gasteiger partial charge in [0.25, 0.3) is 0 Å². The second-order valence-corrected chi connectivity index (χ2v) is 7.85. The number of fused-ring (bicyclic) bond motifs is 2. The zero-order valence-corrected chi connectivity index (χ0v) is 16.4. The van der Waals surface area contributed by atoms with Gasteiger partial charge in [0.15, 0.2) is 0 Å². The number of halogens is 1. The van der Waals surface area contributed by atoms with Crippen LogP contribution in [0.4, 0.5) is 4.79 Å². The highest BCUT2D eigenvalue weighted by Crippen LogP contribution is 2.42. The number of likely N-dealkylation sites (tertiary alicyclic amines) is 1. The second-order valence-electron chi connectivity index (χ2n) is 7.42. The Morgan fingerprint density at radius 2 is 2.15 bits per heavy atom. The maximum atomic E-state index is 12.3. The summed E-state index contributed by atoms with van der Waals surface area (Å²) >= 11 is 6.29. The average Bonchev–Trinajstić information content (AvgIpc) is 2.85. The third-order valence-electron chi connectivity index (χ3n) is 5.78. The van der Waals surface area contributed by atoms with Crippen molar-refractivity contribution >= 4 is 17.7 Å². The summed E-state index contributed by atoms with van der Waals surface area (Å²) in [6.07, 6.45) is 5.71. The Labute approximate surface area is 165 Å². The van der Waals surface area contributed by atoms with Gasteiger partial charge in [-0.25, -0.2) is 4.79 Å². The number of nitrogens with zero attached hydrogens (tertiary/aromatic N) is 2. The van der Waals surface area contributed by atoms with Crippen molar-refractivity contribution in [1.29, 1.82) is 0 Å². The van der Waals surface area contributed by atoms with Crippen LogP contribution in [0.3, 0.4) is 0 Å². The number of hydrogen-bond donors (Lipinski definition) is 0. The van der Waals surface area contributed by atoms with Crippen LogP contribution in [0.25, 0.3) is 0 Å². The summed E-state index contributed by atoms with van der Waals surface area (Å²) in [6, 6.07) is 10.4. The molecular formula is C22H25ClN2O2. The van der Waals surface area contributed by atoms with Crippen LogP contribution in [0.5, 0.6) is 0 Å². The molecule has 2 unspecified atom stereocenters. The Hall–Kier alpha value is -2.07. The molecule has 1 aliphatic heterocycles. The van der Waals surface area contributed by atoms with Crippen LogP contribution in [0.15, 0.2) is 36.5 Å². The number of ether oxygens (including phenoxy) is 1. The number of piperidine rings is 1. The van der Waals surface area contributed by atoms with Crippen LogP contribution in [-0.2, 0) is 17.6 Å². The van der Waals surface area contributed by atoms with Gasteiger partial charge in [0.05, 0.1) is 12.3 Å². The molecule has 27 heavy (non-hydrogen) atoms. The molecule has 1 aromatic heterocycles. The van der Waals surface area contributed by atoms with Crippen molar-refractivity contribution in [2.75, 3.05) is 19.7 Å². The number of benzene rings is 1. The Bertz CT molecular complexity index is 839. The number of rotatable bonds is 2. The van der Waals surface area contributed by atoms with Gasteiger partial charge in [-0.15, -0.1) is 0 Å². The van der Waals surface area contributed by atoms with Gasteiger partial charge in [-0.1, -0.05) is 23.7 Å². The van der Waals surface area contributed by atoms with Gasteiger partial charge in [0.1, 0.15) is 0 Å². The molecule has 0 N–H and O–H groups in total. The molecule has 1 fully saturated rings. The lowest BCUT2D eigenvalue weighted by atomic mass is 9.77. The maximum Gasteiger partial charge on any atom is 0.409 e. The van der Waals surface area contributed by atoms with Gasteiger partial charge in [-0.05, 0) is 73.4 Å². The Balaban J connectivity index is 1.73. The summed E-state index contributed by atoms with van der Waals surface area (Å²) in [5.74, 6) is 0.517. The number of pyridine rings is 1. The highest BCUT2D eigenvalue weighted by Gasteiger charge is 2.35. The summed E-state index contributed by atoms with van der Waals surface area (Å²) in [6.45, 7) is 3.74. The van der Waals surface area contributed by atoms with Gasteiger partial charge >= 0.3 is 6.09 Å². The zero-order chi connectivity index (χ0) is 18.8. The smallest absolute Gasteiger partial charge is 0.409 e. The van der Waals surface area contributed by atoms with E-state index in [1.54, 1.807) is 0 Å². The number of aryl methyl sites for hydroxylation is 2. The lowest BCUT2D eigenvalue weighted by Gasteiger charge is -2.37. The van der Waals surface area contributed by atoms with E-state index < -0.39 is 0 Å².